The monoisotopic (exact) mass is 360 g/mol. The second kappa shape index (κ2) is 6.00. The van der Waals surface area contributed by atoms with E-state index in [1.54, 1.807) is 36.5 Å². The predicted molar refractivity (Wildman–Crippen MR) is 77.4 cm³/mol. The molecule has 0 saturated carbocycles. The molecule has 0 fully saturated rings. The Morgan fingerprint density at radius 3 is 2.74 bits per heavy atom. The van der Waals surface area contributed by atoms with Crippen molar-refractivity contribution in [3.05, 3.63) is 57.8 Å². The number of sulfonamides is 1. The average molecular weight is 362 g/mol. The van der Waals surface area contributed by atoms with E-state index in [-0.39, 0.29) is 11.4 Å². The van der Waals surface area contributed by atoms with E-state index < -0.39 is 10.0 Å². The van der Waals surface area contributed by atoms with Crippen LogP contribution in [0.25, 0.3) is 0 Å². The highest BCUT2D eigenvalue weighted by molar-refractivity contribution is 9.10. The van der Waals surface area contributed by atoms with Crippen LogP contribution in [0.1, 0.15) is 5.69 Å². The maximum Gasteiger partial charge on any atom is 0.242 e. The van der Waals surface area contributed by atoms with E-state index in [1.807, 2.05) is 0 Å². The standard InChI is InChI=1S/C12H10BrClN2O2S/c13-11-5-4-9(14)7-12(11)19(17,18)16-8-10-3-1-2-6-15-10/h1-7,16H,8H2. The molecule has 0 atom stereocenters. The third kappa shape index (κ3) is 3.76. The van der Waals surface area contributed by atoms with Gasteiger partial charge < -0.3 is 0 Å². The second-order valence-electron chi connectivity index (χ2n) is 3.72. The number of halogens is 2. The lowest BCUT2D eigenvalue weighted by Gasteiger charge is -2.08. The van der Waals surface area contributed by atoms with Crippen molar-refractivity contribution in [1.82, 2.24) is 9.71 Å². The lowest BCUT2D eigenvalue weighted by Crippen LogP contribution is -2.24. The molecule has 2 rings (SSSR count). The largest absolute Gasteiger partial charge is 0.260 e. The fraction of sp³-hybridized carbons (Fsp3) is 0.0833. The van der Waals surface area contributed by atoms with Crippen molar-refractivity contribution in [2.45, 2.75) is 11.4 Å². The van der Waals surface area contributed by atoms with Gasteiger partial charge in [0.05, 0.1) is 17.1 Å². The third-order valence-corrected chi connectivity index (χ3v) is 4.98. The Morgan fingerprint density at radius 2 is 2.05 bits per heavy atom. The number of pyridine rings is 1. The molecular formula is C12H10BrClN2O2S. The van der Waals surface area contributed by atoms with E-state index in [1.165, 1.54) is 6.07 Å². The molecule has 0 amide bonds. The first kappa shape index (κ1) is 14.5. The zero-order valence-electron chi connectivity index (χ0n) is 9.68. The van der Waals surface area contributed by atoms with Crippen LogP contribution in [0, 0.1) is 0 Å². The molecule has 100 valence electrons. The van der Waals surface area contributed by atoms with Crippen molar-refractivity contribution in [2.24, 2.45) is 0 Å². The van der Waals surface area contributed by atoms with Crippen molar-refractivity contribution in [2.75, 3.05) is 0 Å². The summed E-state index contributed by atoms with van der Waals surface area (Å²) in [5, 5.41) is 0.362. The van der Waals surface area contributed by atoms with Crippen LogP contribution in [-0.2, 0) is 16.6 Å². The first-order valence-corrected chi connectivity index (χ1v) is 7.99. The minimum Gasteiger partial charge on any atom is -0.260 e. The summed E-state index contributed by atoms with van der Waals surface area (Å²) in [6, 6.07) is 9.92. The van der Waals surface area contributed by atoms with E-state index in [4.69, 9.17) is 11.6 Å². The Balaban J connectivity index is 2.21. The van der Waals surface area contributed by atoms with Crippen molar-refractivity contribution in [1.29, 1.82) is 0 Å². The lowest BCUT2D eigenvalue weighted by molar-refractivity contribution is 0.580. The first-order valence-electron chi connectivity index (χ1n) is 5.34. The molecule has 0 aliphatic rings. The summed E-state index contributed by atoms with van der Waals surface area (Å²) in [6.07, 6.45) is 1.61. The molecule has 1 aromatic heterocycles. The van der Waals surface area contributed by atoms with E-state index in [0.29, 0.717) is 15.2 Å². The molecule has 7 heteroatoms. The van der Waals surface area contributed by atoms with E-state index in [2.05, 4.69) is 25.6 Å². The molecule has 2 aromatic rings. The zero-order valence-corrected chi connectivity index (χ0v) is 12.8. The molecule has 19 heavy (non-hydrogen) atoms. The van der Waals surface area contributed by atoms with Crippen LogP contribution in [0.15, 0.2) is 52.0 Å². The molecule has 0 aliphatic carbocycles. The van der Waals surface area contributed by atoms with Crippen LogP contribution >= 0.6 is 27.5 Å². The lowest BCUT2D eigenvalue weighted by atomic mass is 10.4. The van der Waals surface area contributed by atoms with Crippen LogP contribution in [0.2, 0.25) is 5.02 Å². The van der Waals surface area contributed by atoms with Gasteiger partial charge in [0.1, 0.15) is 0 Å². The topological polar surface area (TPSA) is 59.1 Å². The number of hydrogen-bond donors (Lipinski definition) is 1. The predicted octanol–water partition coefficient (Wildman–Crippen LogP) is 2.98. The van der Waals surface area contributed by atoms with Crippen LogP contribution in [0.5, 0.6) is 0 Å². The van der Waals surface area contributed by atoms with Gasteiger partial charge in [-0.15, -0.1) is 0 Å². The minimum atomic E-state index is -3.63. The molecule has 0 unspecified atom stereocenters. The maximum absolute atomic E-state index is 12.2. The molecular weight excluding hydrogens is 352 g/mol. The highest BCUT2D eigenvalue weighted by Gasteiger charge is 2.17. The summed E-state index contributed by atoms with van der Waals surface area (Å²) in [5.41, 5.74) is 0.643. The number of nitrogens with zero attached hydrogens (tertiary/aromatic N) is 1. The highest BCUT2D eigenvalue weighted by Crippen LogP contribution is 2.25. The Morgan fingerprint density at radius 1 is 1.26 bits per heavy atom. The molecule has 1 aromatic carbocycles. The van der Waals surface area contributed by atoms with E-state index >= 15 is 0 Å². The molecule has 0 saturated heterocycles. The Bertz CT molecular complexity index is 677. The zero-order chi connectivity index (χ0) is 13.9. The van der Waals surface area contributed by atoms with Crippen LogP contribution in [0.3, 0.4) is 0 Å². The molecule has 4 nitrogen and oxygen atoms in total. The summed E-state index contributed by atoms with van der Waals surface area (Å²) in [6.45, 7) is 0.127. The molecule has 1 heterocycles. The maximum atomic E-state index is 12.2. The molecule has 0 aliphatic heterocycles. The normalized spacial score (nSPS) is 11.5. The molecule has 0 radical (unpaired) electrons. The van der Waals surface area contributed by atoms with Gasteiger partial charge in [-0.2, -0.15) is 0 Å². The fourth-order valence-corrected chi connectivity index (χ4v) is 3.66. The van der Waals surface area contributed by atoms with E-state index in [0.717, 1.165) is 0 Å². The summed E-state index contributed by atoms with van der Waals surface area (Å²) < 4.78 is 27.2. The van der Waals surface area contributed by atoms with Gasteiger partial charge >= 0.3 is 0 Å². The number of aromatic nitrogens is 1. The SMILES string of the molecule is O=S(=O)(NCc1ccccn1)c1cc(Cl)ccc1Br. The summed E-state index contributed by atoms with van der Waals surface area (Å²) in [7, 11) is -3.63. The number of rotatable bonds is 4. The summed E-state index contributed by atoms with van der Waals surface area (Å²) >= 11 is 9.01. The van der Waals surface area contributed by atoms with Crippen molar-refractivity contribution >= 4 is 37.6 Å². The van der Waals surface area contributed by atoms with E-state index in [9.17, 15) is 8.42 Å². The van der Waals surface area contributed by atoms with Crippen LogP contribution in [0.4, 0.5) is 0 Å². The Hall–Kier alpha value is -0.950. The van der Waals surface area contributed by atoms with Gasteiger partial charge in [-0.1, -0.05) is 17.7 Å². The average Bonchev–Trinajstić information content (AvgIpc) is 2.40. The van der Waals surface area contributed by atoms with Crippen molar-refractivity contribution < 1.29 is 8.42 Å². The number of nitrogens with one attached hydrogen (secondary N) is 1. The third-order valence-electron chi connectivity index (χ3n) is 2.35. The van der Waals surface area contributed by atoms with Crippen molar-refractivity contribution in [3.8, 4) is 0 Å². The van der Waals surface area contributed by atoms with Gasteiger partial charge in [-0.05, 0) is 46.3 Å². The molecule has 0 bridgehead atoms. The van der Waals surface area contributed by atoms with Gasteiger partial charge in [0.25, 0.3) is 0 Å². The first-order chi connectivity index (χ1) is 8.99. The number of hydrogen-bond acceptors (Lipinski definition) is 3. The molecule has 0 spiro atoms. The van der Waals surface area contributed by atoms with Crippen LogP contribution in [-0.4, -0.2) is 13.4 Å². The van der Waals surface area contributed by atoms with Gasteiger partial charge in [-0.25, -0.2) is 13.1 Å². The number of benzene rings is 1. The smallest absolute Gasteiger partial charge is 0.242 e. The summed E-state index contributed by atoms with van der Waals surface area (Å²) in [5.74, 6) is 0. The summed E-state index contributed by atoms with van der Waals surface area (Å²) in [4.78, 5) is 4.16. The quantitative estimate of drug-likeness (QED) is 0.911. The Labute approximate surface area is 125 Å². The van der Waals surface area contributed by atoms with Crippen molar-refractivity contribution in [3.63, 3.8) is 0 Å². The minimum absolute atomic E-state index is 0.107. The van der Waals surface area contributed by atoms with Gasteiger partial charge in [0.2, 0.25) is 10.0 Å². The highest BCUT2D eigenvalue weighted by atomic mass is 79.9. The molecule has 1 N–H and O–H groups in total. The fourth-order valence-electron chi connectivity index (χ4n) is 1.43. The van der Waals surface area contributed by atoms with Gasteiger partial charge in [-0.3, -0.25) is 4.98 Å². The van der Waals surface area contributed by atoms with Gasteiger partial charge in [0.15, 0.2) is 0 Å². The Kier molecular flexibility index (Phi) is 4.57. The van der Waals surface area contributed by atoms with Gasteiger partial charge in [0, 0.05) is 15.7 Å². The second-order valence-corrected chi connectivity index (χ2v) is 6.75. The van der Waals surface area contributed by atoms with Crippen LogP contribution < -0.4 is 4.72 Å².